The van der Waals surface area contributed by atoms with E-state index in [1.165, 1.54) is 12.1 Å². The van der Waals surface area contributed by atoms with Gasteiger partial charge in [-0.3, -0.25) is 0 Å². The first-order chi connectivity index (χ1) is 9.99. The van der Waals surface area contributed by atoms with E-state index < -0.39 is 11.9 Å². The van der Waals surface area contributed by atoms with Crippen LogP contribution in [0.25, 0.3) is 0 Å². The molecule has 2 rings (SSSR count). The Morgan fingerprint density at radius 3 is 1.95 bits per heavy atom. The van der Waals surface area contributed by atoms with Crippen molar-refractivity contribution in [2.75, 3.05) is 12.4 Å². The van der Waals surface area contributed by atoms with E-state index in [1.54, 1.807) is 31.4 Å². The van der Waals surface area contributed by atoms with E-state index in [0.29, 0.717) is 17.1 Å². The summed E-state index contributed by atoms with van der Waals surface area (Å²) in [7, 11) is 1.55. The van der Waals surface area contributed by atoms with Gasteiger partial charge < -0.3 is 20.3 Å². The quantitative estimate of drug-likeness (QED) is 0.774. The number of rotatable bonds is 5. The smallest absolute Gasteiger partial charge is 0.354 e. The van der Waals surface area contributed by atoms with E-state index in [0.717, 1.165) is 0 Å². The molecule has 0 fully saturated rings. The number of benzene rings is 1. The van der Waals surface area contributed by atoms with Crippen molar-refractivity contribution in [3.8, 4) is 5.75 Å². The maximum atomic E-state index is 11.0. The normalized spacial score (nSPS) is 9.95. The van der Waals surface area contributed by atoms with Gasteiger partial charge in [0.25, 0.3) is 0 Å². The van der Waals surface area contributed by atoms with Gasteiger partial charge >= 0.3 is 11.9 Å². The monoisotopic (exact) mass is 288 g/mol. The van der Waals surface area contributed by atoms with Gasteiger partial charge in [-0.2, -0.15) is 0 Å². The number of ether oxygens (including phenoxy) is 1. The van der Waals surface area contributed by atoms with Crippen molar-refractivity contribution in [3.63, 3.8) is 0 Å². The number of aromatic nitrogens is 1. The third-order valence-electron chi connectivity index (χ3n) is 2.64. The molecule has 0 spiro atoms. The average molecular weight is 288 g/mol. The van der Waals surface area contributed by atoms with Gasteiger partial charge in [0.2, 0.25) is 0 Å². The largest absolute Gasteiger partial charge is 0.497 e. The number of carboxylic acids is 2. The van der Waals surface area contributed by atoms with Crippen LogP contribution in [0.4, 0.5) is 11.4 Å². The summed E-state index contributed by atoms with van der Waals surface area (Å²) in [5.41, 5.74) is 0.302. The van der Waals surface area contributed by atoms with Crippen LogP contribution in [0.5, 0.6) is 5.75 Å². The first-order valence-corrected chi connectivity index (χ1v) is 5.89. The standard InChI is InChI=1S/C14H12N2O5/c1-21-10-4-2-8(3-5-10)15-9-6-11(13(17)18)16-12(7-9)14(19)20/h2-7H,1H3,(H,15,16)(H,17,18)(H,19,20). The Labute approximate surface area is 119 Å². The zero-order valence-corrected chi connectivity index (χ0v) is 11.0. The molecule has 0 radical (unpaired) electrons. The molecule has 0 saturated carbocycles. The molecule has 3 N–H and O–H groups in total. The predicted molar refractivity (Wildman–Crippen MR) is 74.4 cm³/mol. The van der Waals surface area contributed by atoms with Crippen LogP contribution >= 0.6 is 0 Å². The Kier molecular flexibility index (Phi) is 4.03. The Morgan fingerprint density at radius 1 is 1.00 bits per heavy atom. The first-order valence-electron chi connectivity index (χ1n) is 5.89. The summed E-state index contributed by atoms with van der Waals surface area (Å²) in [6, 6.07) is 9.41. The summed E-state index contributed by atoms with van der Waals surface area (Å²) in [6.07, 6.45) is 0. The van der Waals surface area contributed by atoms with Gasteiger partial charge in [-0.1, -0.05) is 0 Å². The van der Waals surface area contributed by atoms with Gasteiger partial charge in [-0.05, 0) is 36.4 Å². The third kappa shape index (κ3) is 3.47. The molecule has 2 aromatic rings. The van der Waals surface area contributed by atoms with Crippen LogP contribution in [0.3, 0.4) is 0 Å². The lowest BCUT2D eigenvalue weighted by Crippen LogP contribution is -2.08. The van der Waals surface area contributed by atoms with Crippen molar-refractivity contribution < 1.29 is 24.5 Å². The van der Waals surface area contributed by atoms with Crippen LogP contribution in [-0.4, -0.2) is 34.2 Å². The summed E-state index contributed by atoms with van der Waals surface area (Å²) in [5, 5.41) is 20.8. The molecule has 1 aromatic heterocycles. The number of anilines is 2. The van der Waals surface area contributed by atoms with Crippen molar-refractivity contribution in [2.24, 2.45) is 0 Å². The first kappa shape index (κ1) is 14.3. The Morgan fingerprint density at radius 2 is 1.52 bits per heavy atom. The number of hydrogen-bond donors (Lipinski definition) is 3. The van der Waals surface area contributed by atoms with Gasteiger partial charge in [0, 0.05) is 11.4 Å². The fourth-order valence-corrected chi connectivity index (χ4v) is 1.66. The van der Waals surface area contributed by atoms with Gasteiger partial charge in [-0.25, -0.2) is 14.6 Å². The molecule has 0 bridgehead atoms. The highest BCUT2D eigenvalue weighted by molar-refractivity contribution is 5.92. The number of hydrogen-bond acceptors (Lipinski definition) is 5. The zero-order chi connectivity index (χ0) is 15.4. The Hall–Kier alpha value is -3.09. The van der Waals surface area contributed by atoms with Crippen molar-refractivity contribution in [2.45, 2.75) is 0 Å². The van der Waals surface area contributed by atoms with Crippen molar-refractivity contribution in [1.82, 2.24) is 4.98 Å². The minimum absolute atomic E-state index is 0.324. The molecule has 108 valence electrons. The lowest BCUT2D eigenvalue weighted by molar-refractivity contribution is 0.0685. The molecule has 0 aliphatic rings. The number of aromatic carboxylic acids is 2. The fourth-order valence-electron chi connectivity index (χ4n) is 1.66. The second-order valence-electron chi connectivity index (χ2n) is 4.09. The number of methoxy groups -OCH3 is 1. The molecule has 7 heteroatoms. The van der Waals surface area contributed by atoms with Crippen molar-refractivity contribution >= 4 is 23.3 Å². The SMILES string of the molecule is COc1ccc(Nc2cc(C(=O)O)nc(C(=O)O)c2)cc1. The second-order valence-corrected chi connectivity index (χ2v) is 4.09. The molecular formula is C14H12N2O5. The zero-order valence-electron chi connectivity index (χ0n) is 11.0. The number of carboxylic acid groups (broad SMARTS) is 2. The van der Waals surface area contributed by atoms with Crippen LogP contribution in [0.2, 0.25) is 0 Å². The molecular weight excluding hydrogens is 276 g/mol. The third-order valence-corrected chi connectivity index (χ3v) is 2.64. The van der Waals surface area contributed by atoms with Crippen LogP contribution in [0, 0.1) is 0 Å². The predicted octanol–water partition coefficient (Wildman–Crippen LogP) is 2.23. The second kappa shape index (κ2) is 5.91. The molecule has 21 heavy (non-hydrogen) atoms. The molecule has 0 amide bonds. The van der Waals surface area contributed by atoms with E-state index in [2.05, 4.69) is 10.3 Å². The maximum absolute atomic E-state index is 11.0. The summed E-state index contributed by atoms with van der Waals surface area (Å²) in [4.78, 5) is 25.5. The van der Waals surface area contributed by atoms with E-state index in [9.17, 15) is 9.59 Å². The van der Waals surface area contributed by atoms with Crippen LogP contribution < -0.4 is 10.1 Å². The highest BCUT2D eigenvalue weighted by Gasteiger charge is 2.13. The Bertz CT molecular complexity index is 650. The fraction of sp³-hybridized carbons (Fsp3) is 0.0714. The summed E-state index contributed by atoms with van der Waals surface area (Å²) in [6.45, 7) is 0. The molecule has 1 heterocycles. The van der Waals surface area contributed by atoms with E-state index in [-0.39, 0.29) is 11.4 Å². The van der Waals surface area contributed by atoms with Crippen molar-refractivity contribution in [3.05, 3.63) is 47.8 Å². The van der Waals surface area contributed by atoms with E-state index in [4.69, 9.17) is 14.9 Å². The molecule has 0 atom stereocenters. The molecule has 0 saturated heterocycles. The topological polar surface area (TPSA) is 109 Å². The number of carbonyl (C=O) groups is 2. The van der Waals surface area contributed by atoms with Gasteiger partial charge in [-0.15, -0.1) is 0 Å². The van der Waals surface area contributed by atoms with Crippen molar-refractivity contribution in [1.29, 1.82) is 0 Å². The minimum Gasteiger partial charge on any atom is -0.497 e. The van der Waals surface area contributed by atoms with Gasteiger partial charge in [0.05, 0.1) is 7.11 Å². The average Bonchev–Trinajstić information content (AvgIpc) is 2.47. The highest BCUT2D eigenvalue weighted by atomic mass is 16.5. The van der Waals surface area contributed by atoms with Crippen LogP contribution in [0.1, 0.15) is 21.0 Å². The van der Waals surface area contributed by atoms with E-state index >= 15 is 0 Å². The highest BCUT2D eigenvalue weighted by Crippen LogP contribution is 2.21. The molecule has 7 nitrogen and oxygen atoms in total. The molecule has 0 aliphatic heterocycles. The lowest BCUT2D eigenvalue weighted by Gasteiger charge is -2.09. The van der Waals surface area contributed by atoms with Gasteiger partial charge in [0.15, 0.2) is 11.4 Å². The van der Waals surface area contributed by atoms with Crippen LogP contribution in [-0.2, 0) is 0 Å². The summed E-state index contributed by atoms with van der Waals surface area (Å²) in [5.74, 6) is -1.92. The number of pyridine rings is 1. The molecule has 0 unspecified atom stereocenters. The lowest BCUT2D eigenvalue weighted by atomic mass is 10.2. The van der Waals surface area contributed by atoms with E-state index in [1.807, 2.05) is 0 Å². The number of nitrogens with one attached hydrogen (secondary N) is 1. The number of nitrogens with zero attached hydrogens (tertiary/aromatic N) is 1. The Balaban J connectivity index is 2.33. The minimum atomic E-state index is -1.30. The maximum Gasteiger partial charge on any atom is 0.354 e. The molecule has 1 aromatic carbocycles. The summed E-state index contributed by atoms with van der Waals surface area (Å²) >= 11 is 0. The van der Waals surface area contributed by atoms with Gasteiger partial charge in [0.1, 0.15) is 5.75 Å². The molecule has 0 aliphatic carbocycles. The van der Waals surface area contributed by atoms with Crippen LogP contribution in [0.15, 0.2) is 36.4 Å². The summed E-state index contributed by atoms with van der Waals surface area (Å²) < 4.78 is 5.03.